The lowest BCUT2D eigenvalue weighted by Gasteiger charge is -2.39. The van der Waals surface area contributed by atoms with Gasteiger partial charge in [-0.05, 0) is 32.1 Å². The molecule has 1 saturated heterocycles. The summed E-state index contributed by atoms with van der Waals surface area (Å²) in [5, 5.41) is 9.23. The van der Waals surface area contributed by atoms with Gasteiger partial charge in [-0.15, -0.1) is 0 Å². The Kier molecular flexibility index (Phi) is 3.90. The summed E-state index contributed by atoms with van der Waals surface area (Å²) in [6.45, 7) is 0.909. The number of amides is 1. The van der Waals surface area contributed by atoms with Crippen LogP contribution < -0.4 is 5.73 Å². The average molecular weight is 254 g/mol. The largest absolute Gasteiger partial charge is 0.480 e. The summed E-state index contributed by atoms with van der Waals surface area (Å²) in [7, 11) is 0. The van der Waals surface area contributed by atoms with Gasteiger partial charge in [0.15, 0.2) is 0 Å². The highest BCUT2D eigenvalue weighted by Crippen LogP contribution is 2.40. The zero-order valence-electron chi connectivity index (χ0n) is 10.7. The molecule has 0 aromatic heterocycles. The van der Waals surface area contributed by atoms with Crippen molar-refractivity contribution in [2.24, 2.45) is 11.1 Å². The number of rotatable bonds is 3. The molecule has 1 aliphatic carbocycles. The first-order valence-electron chi connectivity index (χ1n) is 6.85. The van der Waals surface area contributed by atoms with Gasteiger partial charge in [-0.3, -0.25) is 4.79 Å². The Balaban J connectivity index is 2.17. The van der Waals surface area contributed by atoms with Crippen LogP contribution in [0.4, 0.5) is 0 Å². The fourth-order valence-electron chi connectivity index (χ4n) is 3.29. The molecule has 1 amide bonds. The quantitative estimate of drug-likeness (QED) is 0.786. The molecule has 5 heteroatoms. The highest BCUT2D eigenvalue weighted by Gasteiger charge is 2.45. The third-order valence-electron chi connectivity index (χ3n) is 4.45. The van der Waals surface area contributed by atoms with Gasteiger partial charge < -0.3 is 15.7 Å². The van der Waals surface area contributed by atoms with Crippen LogP contribution in [0.25, 0.3) is 0 Å². The number of hydrogen-bond donors (Lipinski definition) is 2. The van der Waals surface area contributed by atoms with Gasteiger partial charge in [0.25, 0.3) is 0 Å². The Bertz CT molecular complexity index is 337. The summed E-state index contributed by atoms with van der Waals surface area (Å²) < 4.78 is 0. The maximum atomic E-state index is 12.7. The van der Waals surface area contributed by atoms with Crippen LogP contribution >= 0.6 is 0 Å². The van der Waals surface area contributed by atoms with E-state index in [4.69, 9.17) is 5.73 Å². The summed E-state index contributed by atoms with van der Waals surface area (Å²) in [5.74, 6) is -0.900. The molecule has 0 aromatic rings. The van der Waals surface area contributed by atoms with Crippen LogP contribution in [0.5, 0.6) is 0 Å². The summed E-state index contributed by atoms with van der Waals surface area (Å²) in [5.41, 5.74) is 5.32. The van der Waals surface area contributed by atoms with E-state index in [0.29, 0.717) is 19.5 Å². The second-order valence-corrected chi connectivity index (χ2v) is 5.54. The van der Waals surface area contributed by atoms with Crippen LogP contribution in [0, 0.1) is 5.41 Å². The van der Waals surface area contributed by atoms with Gasteiger partial charge in [-0.2, -0.15) is 0 Å². The van der Waals surface area contributed by atoms with Gasteiger partial charge >= 0.3 is 5.97 Å². The normalized spacial score (nSPS) is 27.2. The van der Waals surface area contributed by atoms with Crippen molar-refractivity contribution in [2.75, 3.05) is 13.1 Å². The number of piperidine rings is 1. The van der Waals surface area contributed by atoms with Gasteiger partial charge in [-0.25, -0.2) is 4.79 Å². The first-order valence-corrected chi connectivity index (χ1v) is 6.85. The molecule has 1 aliphatic heterocycles. The minimum absolute atomic E-state index is 0.0189. The summed E-state index contributed by atoms with van der Waals surface area (Å²) in [6.07, 6.45) is 6.02. The SMILES string of the molecule is NCC1(C(=O)N2CCCCC2C(=O)O)CCCC1. The lowest BCUT2D eigenvalue weighted by atomic mass is 9.83. The molecule has 2 rings (SSSR count). The fourth-order valence-corrected chi connectivity index (χ4v) is 3.29. The molecule has 1 unspecified atom stereocenters. The predicted molar refractivity (Wildman–Crippen MR) is 66.9 cm³/mol. The van der Waals surface area contributed by atoms with E-state index in [1.807, 2.05) is 0 Å². The number of hydrogen-bond acceptors (Lipinski definition) is 3. The molecule has 1 heterocycles. The molecule has 18 heavy (non-hydrogen) atoms. The monoisotopic (exact) mass is 254 g/mol. The van der Waals surface area contributed by atoms with Crippen LogP contribution in [-0.4, -0.2) is 41.0 Å². The summed E-state index contributed by atoms with van der Waals surface area (Å²) in [4.78, 5) is 25.5. The third-order valence-corrected chi connectivity index (χ3v) is 4.45. The smallest absolute Gasteiger partial charge is 0.326 e. The molecule has 0 radical (unpaired) electrons. The maximum absolute atomic E-state index is 12.7. The number of nitrogens with two attached hydrogens (primary N) is 1. The summed E-state index contributed by atoms with van der Waals surface area (Å²) in [6, 6.07) is -0.643. The van der Waals surface area contributed by atoms with Crippen molar-refractivity contribution in [3.8, 4) is 0 Å². The Morgan fingerprint density at radius 3 is 2.44 bits per heavy atom. The zero-order chi connectivity index (χ0) is 13.2. The van der Waals surface area contributed by atoms with Crippen molar-refractivity contribution in [1.82, 2.24) is 4.90 Å². The van der Waals surface area contributed by atoms with E-state index in [0.717, 1.165) is 38.5 Å². The Morgan fingerprint density at radius 2 is 1.89 bits per heavy atom. The lowest BCUT2D eigenvalue weighted by molar-refractivity contribution is -0.157. The van der Waals surface area contributed by atoms with Crippen molar-refractivity contribution in [3.05, 3.63) is 0 Å². The fraction of sp³-hybridized carbons (Fsp3) is 0.846. The highest BCUT2D eigenvalue weighted by molar-refractivity contribution is 5.88. The predicted octanol–water partition coefficient (Wildman–Crippen LogP) is 0.971. The molecule has 0 spiro atoms. The Hall–Kier alpha value is -1.10. The minimum Gasteiger partial charge on any atom is -0.480 e. The number of carboxylic acid groups (broad SMARTS) is 1. The molecular weight excluding hydrogens is 232 g/mol. The number of carboxylic acids is 1. The maximum Gasteiger partial charge on any atom is 0.326 e. The Morgan fingerprint density at radius 1 is 1.22 bits per heavy atom. The van der Waals surface area contributed by atoms with E-state index in [2.05, 4.69) is 0 Å². The number of likely N-dealkylation sites (tertiary alicyclic amines) is 1. The van der Waals surface area contributed by atoms with E-state index in [9.17, 15) is 14.7 Å². The molecular formula is C13H22N2O3. The van der Waals surface area contributed by atoms with Crippen molar-refractivity contribution in [3.63, 3.8) is 0 Å². The second kappa shape index (κ2) is 5.26. The molecule has 5 nitrogen and oxygen atoms in total. The van der Waals surface area contributed by atoms with Crippen LogP contribution in [0.1, 0.15) is 44.9 Å². The topological polar surface area (TPSA) is 83.6 Å². The summed E-state index contributed by atoms with van der Waals surface area (Å²) >= 11 is 0. The number of carbonyl (C=O) groups excluding carboxylic acids is 1. The second-order valence-electron chi connectivity index (χ2n) is 5.54. The lowest BCUT2D eigenvalue weighted by Crippen LogP contribution is -2.54. The molecule has 2 aliphatic rings. The number of aliphatic carboxylic acids is 1. The van der Waals surface area contributed by atoms with Gasteiger partial charge in [0.1, 0.15) is 6.04 Å². The Labute approximate surface area is 107 Å². The van der Waals surface area contributed by atoms with Crippen molar-refractivity contribution >= 4 is 11.9 Å². The molecule has 2 fully saturated rings. The molecule has 1 atom stereocenters. The van der Waals surface area contributed by atoms with E-state index in [-0.39, 0.29) is 5.91 Å². The molecule has 3 N–H and O–H groups in total. The zero-order valence-corrected chi connectivity index (χ0v) is 10.7. The van der Waals surface area contributed by atoms with Gasteiger partial charge in [0, 0.05) is 13.1 Å². The van der Waals surface area contributed by atoms with Crippen molar-refractivity contribution in [2.45, 2.75) is 51.0 Å². The minimum atomic E-state index is -0.881. The molecule has 102 valence electrons. The van der Waals surface area contributed by atoms with E-state index in [1.165, 1.54) is 0 Å². The van der Waals surface area contributed by atoms with Gasteiger partial charge in [-0.1, -0.05) is 12.8 Å². The van der Waals surface area contributed by atoms with E-state index in [1.54, 1.807) is 4.90 Å². The van der Waals surface area contributed by atoms with Gasteiger partial charge in [0.05, 0.1) is 5.41 Å². The molecule has 0 bridgehead atoms. The molecule has 1 saturated carbocycles. The first kappa shape index (κ1) is 13.3. The van der Waals surface area contributed by atoms with Crippen LogP contribution in [0.3, 0.4) is 0 Å². The van der Waals surface area contributed by atoms with Crippen LogP contribution in [-0.2, 0) is 9.59 Å². The van der Waals surface area contributed by atoms with Crippen molar-refractivity contribution in [1.29, 1.82) is 0 Å². The van der Waals surface area contributed by atoms with Crippen molar-refractivity contribution < 1.29 is 14.7 Å². The highest BCUT2D eigenvalue weighted by atomic mass is 16.4. The standard InChI is InChI=1S/C13H22N2O3/c14-9-13(6-2-3-7-13)12(18)15-8-4-1-5-10(15)11(16)17/h10H,1-9,14H2,(H,16,17). The molecule has 0 aromatic carbocycles. The van der Waals surface area contributed by atoms with E-state index >= 15 is 0 Å². The first-order chi connectivity index (χ1) is 8.60. The average Bonchev–Trinajstić information content (AvgIpc) is 2.87. The third kappa shape index (κ3) is 2.23. The number of carbonyl (C=O) groups is 2. The van der Waals surface area contributed by atoms with Crippen LogP contribution in [0.15, 0.2) is 0 Å². The van der Waals surface area contributed by atoms with E-state index < -0.39 is 17.4 Å². The van der Waals surface area contributed by atoms with Gasteiger partial charge in [0.2, 0.25) is 5.91 Å². The van der Waals surface area contributed by atoms with Crippen LogP contribution in [0.2, 0.25) is 0 Å². The number of nitrogens with zero attached hydrogens (tertiary/aromatic N) is 1.